The highest BCUT2D eigenvalue weighted by atomic mass is 32.2. The van der Waals surface area contributed by atoms with Gasteiger partial charge in [-0.2, -0.15) is 0 Å². The van der Waals surface area contributed by atoms with Crippen LogP contribution in [0.3, 0.4) is 0 Å². The maximum absolute atomic E-state index is 5.97. The molecule has 0 saturated carbocycles. The lowest BCUT2D eigenvalue weighted by Crippen LogP contribution is -2.39. The van der Waals surface area contributed by atoms with E-state index in [-0.39, 0.29) is 10.9 Å². The van der Waals surface area contributed by atoms with Gasteiger partial charge in [-0.05, 0) is 43.4 Å². The lowest BCUT2D eigenvalue weighted by Gasteiger charge is -2.32. The molecule has 0 unspecified atom stereocenters. The third-order valence-corrected chi connectivity index (χ3v) is 4.47. The topological polar surface area (TPSA) is 12.5 Å². The summed E-state index contributed by atoms with van der Waals surface area (Å²) in [6, 6.07) is 0. The predicted octanol–water partition coefficient (Wildman–Crippen LogP) is 2.77. The summed E-state index contributed by atoms with van der Waals surface area (Å²) in [7, 11) is 0.265. The Kier molecular flexibility index (Phi) is 7.56. The van der Waals surface area contributed by atoms with Gasteiger partial charge >= 0.3 is 0 Å². The molecule has 104 valence electrons. The number of rotatable bonds is 7. The molecule has 0 bridgehead atoms. The fourth-order valence-corrected chi connectivity index (χ4v) is 3.17. The number of hydrogen-bond donors (Lipinski definition) is 1. The lowest BCUT2D eigenvalue weighted by atomic mass is 10.1. The Hall–Kier alpha value is 0.270. The Balaban J connectivity index is 2.03. The van der Waals surface area contributed by atoms with Crippen molar-refractivity contribution < 1.29 is 4.74 Å². The maximum atomic E-state index is 5.97. The summed E-state index contributed by atoms with van der Waals surface area (Å²) in [5, 5.41) is 0. The average Bonchev–Trinajstić information content (AvgIpc) is 2.25. The van der Waals surface area contributed by atoms with Gasteiger partial charge in [-0.25, -0.2) is 0 Å². The zero-order chi connectivity index (χ0) is 12.7. The maximum Gasteiger partial charge on any atom is 0.0599 e. The summed E-state index contributed by atoms with van der Waals surface area (Å²) >= 11 is 0. The third-order valence-electron chi connectivity index (χ3n) is 3.26. The second kappa shape index (κ2) is 8.39. The first-order valence-electron chi connectivity index (χ1n) is 7.06. The summed E-state index contributed by atoms with van der Waals surface area (Å²) in [6.45, 7) is 9.30. The molecule has 1 aliphatic heterocycles. The Morgan fingerprint density at radius 3 is 2.41 bits per heavy atom. The van der Waals surface area contributed by atoms with E-state index < -0.39 is 0 Å². The first-order valence-corrected chi connectivity index (χ1v) is 9.48. The van der Waals surface area contributed by atoms with Crippen molar-refractivity contribution in [3.63, 3.8) is 0 Å². The van der Waals surface area contributed by atoms with Gasteiger partial charge in [0.2, 0.25) is 0 Å². The van der Waals surface area contributed by atoms with Crippen LogP contribution < -0.4 is 0 Å². The Morgan fingerprint density at radius 1 is 1.24 bits per heavy atom. The molecule has 0 aromatic rings. The van der Waals surface area contributed by atoms with Gasteiger partial charge in [-0.3, -0.25) is 10.9 Å². The highest BCUT2D eigenvalue weighted by Crippen LogP contribution is 2.17. The molecule has 0 aromatic carbocycles. The van der Waals surface area contributed by atoms with Crippen molar-refractivity contribution in [2.24, 2.45) is 5.92 Å². The van der Waals surface area contributed by atoms with E-state index in [9.17, 15) is 0 Å². The number of ether oxygens (including phenoxy) is 1. The van der Waals surface area contributed by atoms with Crippen LogP contribution in [-0.2, 0) is 4.74 Å². The molecule has 1 fully saturated rings. The van der Waals surface area contributed by atoms with Crippen LogP contribution in [0, 0.1) is 5.92 Å². The summed E-state index contributed by atoms with van der Waals surface area (Å²) in [5.41, 5.74) is 0. The molecule has 1 saturated heterocycles. The quantitative estimate of drug-likeness (QED) is 0.559. The van der Waals surface area contributed by atoms with E-state index in [1.807, 2.05) is 0 Å². The van der Waals surface area contributed by atoms with Gasteiger partial charge in [0.05, 0.1) is 6.10 Å². The molecule has 0 N–H and O–H groups in total. The molecular formula is C14H31NOS. The van der Waals surface area contributed by atoms with Crippen LogP contribution in [0.2, 0.25) is 0 Å². The van der Waals surface area contributed by atoms with Gasteiger partial charge in [0.25, 0.3) is 0 Å². The Morgan fingerprint density at radius 2 is 1.88 bits per heavy atom. The van der Waals surface area contributed by atoms with Crippen LogP contribution in [0.5, 0.6) is 0 Å². The molecule has 3 heteroatoms. The van der Waals surface area contributed by atoms with Crippen molar-refractivity contribution in [3.05, 3.63) is 0 Å². The number of likely N-dealkylation sites (tertiary alicyclic amines) is 1. The van der Waals surface area contributed by atoms with Gasteiger partial charge in [0, 0.05) is 26.2 Å². The number of nitrogens with zero attached hydrogens (tertiary/aromatic N) is 1. The molecule has 0 aliphatic carbocycles. The van der Waals surface area contributed by atoms with E-state index in [4.69, 9.17) is 4.74 Å². The minimum absolute atomic E-state index is 0.265. The van der Waals surface area contributed by atoms with Crippen molar-refractivity contribution in [2.75, 3.05) is 44.5 Å². The fourth-order valence-electron chi connectivity index (χ4n) is 2.41. The summed E-state index contributed by atoms with van der Waals surface area (Å²) in [4.78, 5) is 2.59. The highest BCUT2D eigenvalue weighted by molar-refractivity contribution is 8.15. The van der Waals surface area contributed by atoms with E-state index in [1.54, 1.807) is 0 Å². The largest absolute Gasteiger partial charge is 0.378 e. The monoisotopic (exact) mass is 261 g/mol. The van der Waals surface area contributed by atoms with Gasteiger partial charge < -0.3 is 9.64 Å². The molecule has 0 amide bonds. The normalized spacial score (nSPS) is 19.9. The van der Waals surface area contributed by atoms with E-state index in [1.165, 1.54) is 44.6 Å². The second-order valence-electron chi connectivity index (χ2n) is 5.92. The van der Waals surface area contributed by atoms with E-state index >= 15 is 0 Å². The van der Waals surface area contributed by atoms with Crippen molar-refractivity contribution >= 4 is 10.9 Å². The first kappa shape index (κ1) is 15.3. The molecule has 1 rings (SSSR count). The molecule has 0 radical (unpaired) electrons. The highest BCUT2D eigenvalue weighted by Gasteiger charge is 2.19. The Labute approximate surface area is 110 Å². The van der Waals surface area contributed by atoms with Crippen LogP contribution in [-0.4, -0.2) is 55.5 Å². The van der Waals surface area contributed by atoms with Gasteiger partial charge in [-0.15, -0.1) is 0 Å². The molecular weight excluding hydrogens is 230 g/mol. The second-order valence-corrected chi connectivity index (χ2v) is 8.53. The Bertz CT molecular complexity index is 186. The van der Waals surface area contributed by atoms with Crippen molar-refractivity contribution in [1.82, 2.24) is 4.90 Å². The zero-order valence-electron chi connectivity index (χ0n) is 12.1. The number of hydrogen-bond acceptors (Lipinski definition) is 2. The van der Waals surface area contributed by atoms with Crippen LogP contribution in [0.15, 0.2) is 0 Å². The summed E-state index contributed by atoms with van der Waals surface area (Å²) in [5.74, 6) is 2.16. The standard InChI is InChI=1S/C14H31NOS/c1-13(2)12-15-8-6-14(7-9-15)16-10-5-11-17(3)4/h13-14,17H,5-12H2,1-4H3. The molecule has 17 heavy (non-hydrogen) atoms. The van der Waals surface area contributed by atoms with Gasteiger partial charge in [0.1, 0.15) is 0 Å². The molecule has 1 aliphatic rings. The van der Waals surface area contributed by atoms with E-state index in [2.05, 4.69) is 31.3 Å². The van der Waals surface area contributed by atoms with E-state index in [0.29, 0.717) is 6.10 Å². The molecule has 1 heterocycles. The van der Waals surface area contributed by atoms with E-state index in [0.717, 1.165) is 12.5 Å². The van der Waals surface area contributed by atoms with Crippen molar-refractivity contribution in [1.29, 1.82) is 0 Å². The van der Waals surface area contributed by atoms with Crippen LogP contribution in [0.25, 0.3) is 0 Å². The minimum Gasteiger partial charge on any atom is -0.378 e. The number of piperidine rings is 1. The van der Waals surface area contributed by atoms with Crippen molar-refractivity contribution in [3.8, 4) is 0 Å². The third kappa shape index (κ3) is 7.32. The van der Waals surface area contributed by atoms with Crippen LogP contribution >= 0.6 is 10.9 Å². The summed E-state index contributed by atoms with van der Waals surface area (Å²) in [6.07, 6.45) is 8.96. The number of thiol groups is 1. The van der Waals surface area contributed by atoms with Gasteiger partial charge in [-0.1, -0.05) is 13.8 Å². The molecule has 0 spiro atoms. The summed E-state index contributed by atoms with van der Waals surface area (Å²) < 4.78 is 5.97. The SMILES string of the molecule is CC(C)CN1CCC(OCCC[SH](C)C)CC1. The smallest absolute Gasteiger partial charge is 0.0599 e. The molecule has 2 nitrogen and oxygen atoms in total. The average molecular weight is 261 g/mol. The van der Waals surface area contributed by atoms with Crippen molar-refractivity contribution in [2.45, 2.75) is 39.2 Å². The fraction of sp³-hybridized carbons (Fsp3) is 1.00. The zero-order valence-corrected chi connectivity index (χ0v) is 13.0. The van der Waals surface area contributed by atoms with Crippen LogP contribution in [0.4, 0.5) is 0 Å². The van der Waals surface area contributed by atoms with Gasteiger partial charge in [0.15, 0.2) is 0 Å². The lowest BCUT2D eigenvalue weighted by molar-refractivity contribution is 0.00616. The molecule has 0 aromatic heterocycles. The predicted molar refractivity (Wildman–Crippen MR) is 80.6 cm³/mol. The molecule has 0 atom stereocenters. The minimum atomic E-state index is 0.265. The first-order chi connectivity index (χ1) is 8.08. The van der Waals surface area contributed by atoms with Crippen LogP contribution in [0.1, 0.15) is 33.1 Å².